The number of hydrogen-bond donors (Lipinski definition) is 0. The fourth-order valence-electron chi connectivity index (χ4n) is 3.79. The highest BCUT2D eigenvalue weighted by Crippen LogP contribution is 2.29. The zero-order valence-corrected chi connectivity index (χ0v) is 17.2. The second-order valence-electron chi connectivity index (χ2n) is 7.34. The molecule has 7 nitrogen and oxygen atoms in total. The van der Waals surface area contributed by atoms with E-state index in [2.05, 4.69) is 9.97 Å². The van der Waals surface area contributed by atoms with E-state index in [4.69, 9.17) is 13.9 Å². The Labute approximate surface area is 175 Å². The van der Waals surface area contributed by atoms with Crippen LogP contribution >= 0.6 is 0 Å². The lowest BCUT2D eigenvalue weighted by Gasteiger charge is -2.31. The van der Waals surface area contributed by atoms with Crippen molar-refractivity contribution in [2.24, 2.45) is 0 Å². The standard InChI is InChI=1S/C23H25N3O4/c1-28-18-9-7-16(8-10-18)13-19-14-25-21(30-19)17-5-4-12-26(15-17)23(27)20-6-3-11-24-22(20)29-2/h3,6-11,14,17H,4-5,12-13,15H2,1-2H3/t17-/m1/s1. The number of likely N-dealkylation sites (tertiary alicyclic amines) is 1. The van der Waals surface area contributed by atoms with Gasteiger partial charge in [0, 0.05) is 25.7 Å². The summed E-state index contributed by atoms with van der Waals surface area (Å²) in [5.41, 5.74) is 1.61. The van der Waals surface area contributed by atoms with Crippen molar-refractivity contribution in [3.63, 3.8) is 0 Å². The molecule has 0 saturated carbocycles. The Morgan fingerprint density at radius 2 is 2.00 bits per heavy atom. The van der Waals surface area contributed by atoms with E-state index in [0.29, 0.717) is 36.8 Å². The normalized spacial score (nSPS) is 16.3. The van der Waals surface area contributed by atoms with Gasteiger partial charge in [0.2, 0.25) is 5.88 Å². The van der Waals surface area contributed by atoms with Gasteiger partial charge in [-0.05, 0) is 42.7 Å². The Hall–Kier alpha value is -3.35. The van der Waals surface area contributed by atoms with E-state index in [1.54, 1.807) is 31.6 Å². The highest BCUT2D eigenvalue weighted by Gasteiger charge is 2.29. The lowest BCUT2D eigenvalue weighted by molar-refractivity contribution is 0.0693. The predicted octanol–water partition coefficient (Wildman–Crippen LogP) is 3.70. The Balaban J connectivity index is 1.44. The third-order valence-electron chi connectivity index (χ3n) is 5.36. The fourth-order valence-corrected chi connectivity index (χ4v) is 3.79. The molecule has 1 fully saturated rings. The smallest absolute Gasteiger partial charge is 0.259 e. The molecule has 0 bridgehead atoms. The van der Waals surface area contributed by atoms with Crippen LogP contribution in [0.15, 0.2) is 53.2 Å². The van der Waals surface area contributed by atoms with Gasteiger partial charge in [-0.2, -0.15) is 0 Å². The van der Waals surface area contributed by atoms with E-state index in [1.165, 1.54) is 7.11 Å². The molecule has 0 spiro atoms. The van der Waals surface area contributed by atoms with Gasteiger partial charge in [0.1, 0.15) is 17.1 Å². The van der Waals surface area contributed by atoms with Crippen molar-refractivity contribution in [1.29, 1.82) is 0 Å². The summed E-state index contributed by atoms with van der Waals surface area (Å²) in [7, 11) is 3.18. The number of rotatable bonds is 6. The highest BCUT2D eigenvalue weighted by atomic mass is 16.5. The second-order valence-corrected chi connectivity index (χ2v) is 7.34. The van der Waals surface area contributed by atoms with Gasteiger partial charge in [0.05, 0.1) is 26.3 Å². The first kappa shape index (κ1) is 19.9. The van der Waals surface area contributed by atoms with Crippen molar-refractivity contribution in [2.45, 2.75) is 25.2 Å². The molecule has 1 aliphatic heterocycles. The summed E-state index contributed by atoms with van der Waals surface area (Å²) < 4.78 is 16.5. The first-order valence-corrected chi connectivity index (χ1v) is 10.0. The summed E-state index contributed by atoms with van der Waals surface area (Å²) >= 11 is 0. The van der Waals surface area contributed by atoms with Crippen LogP contribution in [0.4, 0.5) is 0 Å². The number of amides is 1. The molecule has 1 aliphatic rings. The zero-order valence-electron chi connectivity index (χ0n) is 17.2. The summed E-state index contributed by atoms with van der Waals surface area (Å²) in [5.74, 6) is 2.68. The minimum atomic E-state index is -0.0744. The van der Waals surface area contributed by atoms with Gasteiger partial charge in [-0.15, -0.1) is 0 Å². The molecule has 0 aliphatic carbocycles. The minimum Gasteiger partial charge on any atom is -0.497 e. The summed E-state index contributed by atoms with van der Waals surface area (Å²) in [6.45, 7) is 1.27. The third kappa shape index (κ3) is 4.30. The summed E-state index contributed by atoms with van der Waals surface area (Å²) in [4.78, 5) is 23.5. The van der Waals surface area contributed by atoms with Crippen LogP contribution in [0.1, 0.15) is 46.3 Å². The molecule has 1 saturated heterocycles. The van der Waals surface area contributed by atoms with Crippen molar-refractivity contribution in [1.82, 2.24) is 14.9 Å². The first-order chi connectivity index (χ1) is 14.7. The van der Waals surface area contributed by atoms with E-state index in [0.717, 1.165) is 29.9 Å². The molecular weight excluding hydrogens is 382 g/mol. The van der Waals surface area contributed by atoms with Crippen molar-refractivity contribution < 1.29 is 18.7 Å². The molecule has 7 heteroatoms. The van der Waals surface area contributed by atoms with Gasteiger partial charge < -0.3 is 18.8 Å². The number of ether oxygens (including phenoxy) is 2. The van der Waals surface area contributed by atoms with Crippen molar-refractivity contribution in [2.75, 3.05) is 27.3 Å². The van der Waals surface area contributed by atoms with E-state index in [9.17, 15) is 4.79 Å². The van der Waals surface area contributed by atoms with Crippen LogP contribution in [-0.2, 0) is 6.42 Å². The number of aromatic nitrogens is 2. The van der Waals surface area contributed by atoms with Gasteiger partial charge in [-0.1, -0.05) is 12.1 Å². The molecular formula is C23H25N3O4. The number of pyridine rings is 1. The number of methoxy groups -OCH3 is 2. The quantitative estimate of drug-likeness (QED) is 0.620. The number of benzene rings is 1. The molecule has 2 aromatic heterocycles. The first-order valence-electron chi connectivity index (χ1n) is 10.0. The zero-order chi connectivity index (χ0) is 20.9. The predicted molar refractivity (Wildman–Crippen MR) is 111 cm³/mol. The molecule has 1 atom stereocenters. The molecule has 4 rings (SSSR count). The Morgan fingerprint density at radius 3 is 2.77 bits per heavy atom. The number of oxazole rings is 1. The van der Waals surface area contributed by atoms with Crippen LogP contribution in [0.25, 0.3) is 0 Å². The lowest BCUT2D eigenvalue weighted by Crippen LogP contribution is -2.39. The SMILES string of the molecule is COc1ccc(Cc2cnc([C@@H]3CCCN(C(=O)c4cccnc4OC)C3)o2)cc1. The van der Waals surface area contributed by atoms with Gasteiger partial charge in [-0.3, -0.25) is 4.79 Å². The van der Waals surface area contributed by atoms with Gasteiger partial charge >= 0.3 is 0 Å². The number of carbonyl (C=O) groups is 1. The Kier molecular flexibility index (Phi) is 5.97. The molecule has 156 valence electrons. The van der Waals surface area contributed by atoms with Crippen LogP contribution in [0.2, 0.25) is 0 Å². The maximum atomic E-state index is 13.0. The van der Waals surface area contributed by atoms with Crippen LogP contribution < -0.4 is 9.47 Å². The molecule has 1 amide bonds. The lowest BCUT2D eigenvalue weighted by atomic mass is 9.97. The molecule has 3 heterocycles. The summed E-state index contributed by atoms with van der Waals surface area (Å²) in [5, 5.41) is 0. The topological polar surface area (TPSA) is 77.7 Å². The Bertz CT molecular complexity index is 1000. The monoisotopic (exact) mass is 407 g/mol. The molecule has 3 aromatic rings. The van der Waals surface area contributed by atoms with Crippen LogP contribution in [0.5, 0.6) is 11.6 Å². The van der Waals surface area contributed by atoms with Crippen LogP contribution in [-0.4, -0.2) is 48.1 Å². The number of piperidine rings is 1. The molecule has 0 N–H and O–H groups in total. The molecule has 1 aromatic carbocycles. The number of hydrogen-bond acceptors (Lipinski definition) is 6. The molecule has 0 radical (unpaired) electrons. The van der Waals surface area contributed by atoms with E-state index >= 15 is 0 Å². The van der Waals surface area contributed by atoms with Gasteiger partial charge in [-0.25, -0.2) is 9.97 Å². The van der Waals surface area contributed by atoms with Crippen molar-refractivity contribution in [3.8, 4) is 11.6 Å². The second kappa shape index (κ2) is 8.98. The minimum absolute atomic E-state index is 0.0744. The summed E-state index contributed by atoms with van der Waals surface area (Å²) in [6.07, 6.45) is 5.90. The summed E-state index contributed by atoms with van der Waals surface area (Å²) in [6, 6.07) is 11.4. The van der Waals surface area contributed by atoms with E-state index in [-0.39, 0.29) is 11.8 Å². The van der Waals surface area contributed by atoms with Crippen LogP contribution in [0.3, 0.4) is 0 Å². The molecule has 0 unspecified atom stereocenters. The van der Waals surface area contributed by atoms with Crippen molar-refractivity contribution in [3.05, 3.63) is 71.6 Å². The molecule has 30 heavy (non-hydrogen) atoms. The van der Waals surface area contributed by atoms with E-state index < -0.39 is 0 Å². The maximum absolute atomic E-state index is 13.0. The van der Waals surface area contributed by atoms with Crippen molar-refractivity contribution >= 4 is 5.91 Å². The average Bonchev–Trinajstić information content (AvgIpc) is 3.27. The van der Waals surface area contributed by atoms with Gasteiger partial charge in [0.15, 0.2) is 5.89 Å². The van der Waals surface area contributed by atoms with Crippen LogP contribution in [0, 0.1) is 0 Å². The van der Waals surface area contributed by atoms with E-state index in [1.807, 2.05) is 29.2 Å². The third-order valence-corrected chi connectivity index (χ3v) is 5.36. The maximum Gasteiger partial charge on any atom is 0.259 e. The Morgan fingerprint density at radius 1 is 1.17 bits per heavy atom. The average molecular weight is 407 g/mol. The van der Waals surface area contributed by atoms with Gasteiger partial charge in [0.25, 0.3) is 5.91 Å². The fraction of sp³-hybridized carbons (Fsp3) is 0.348. The number of carbonyl (C=O) groups excluding carboxylic acids is 1. The number of nitrogens with zero attached hydrogens (tertiary/aromatic N) is 3. The largest absolute Gasteiger partial charge is 0.497 e. The highest BCUT2D eigenvalue weighted by molar-refractivity contribution is 5.96.